The lowest BCUT2D eigenvalue weighted by Gasteiger charge is -2.54. The molecule has 25 heavy (non-hydrogen) atoms. The maximum atomic E-state index is 13.3. The highest BCUT2D eigenvalue weighted by Crippen LogP contribution is 2.56. The highest BCUT2D eigenvalue weighted by atomic mass is 35.5. The van der Waals surface area contributed by atoms with Crippen LogP contribution in [0.25, 0.3) is 0 Å². The van der Waals surface area contributed by atoms with Crippen molar-refractivity contribution in [2.45, 2.75) is 51.1 Å². The largest absolute Gasteiger partial charge is 0.392 e. The van der Waals surface area contributed by atoms with Crippen molar-refractivity contribution in [1.82, 2.24) is 4.90 Å². The van der Waals surface area contributed by atoms with Crippen molar-refractivity contribution in [2.24, 2.45) is 11.3 Å². The van der Waals surface area contributed by atoms with E-state index < -0.39 is 17.5 Å². The summed E-state index contributed by atoms with van der Waals surface area (Å²) in [5.41, 5.74) is 0.394. The molecule has 2 aliphatic rings. The first-order valence-corrected chi connectivity index (χ1v) is 9.27. The lowest BCUT2D eigenvalue weighted by Crippen LogP contribution is -2.57. The van der Waals surface area contributed by atoms with Crippen LogP contribution in [0, 0.1) is 11.3 Å². The van der Waals surface area contributed by atoms with Crippen molar-refractivity contribution in [2.75, 3.05) is 13.1 Å². The van der Waals surface area contributed by atoms with Crippen LogP contribution in [-0.4, -0.2) is 30.1 Å². The molecule has 1 amide bonds. The SMILES string of the molecule is O=C(CCCc1ccc(Cl)cc1)N1CC[C@@H](C(F)(F)F)C2(CCC2)C1. The van der Waals surface area contributed by atoms with Gasteiger partial charge in [-0.15, -0.1) is 0 Å². The number of amides is 1. The third-order valence-corrected chi connectivity index (χ3v) is 6.05. The molecule has 1 saturated carbocycles. The summed E-state index contributed by atoms with van der Waals surface area (Å²) < 4.78 is 39.9. The zero-order chi connectivity index (χ0) is 18.1. The number of hydrogen-bond acceptors (Lipinski definition) is 1. The molecule has 0 unspecified atom stereocenters. The van der Waals surface area contributed by atoms with Gasteiger partial charge in [-0.25, -0.2) is 0 Å². The van der Waals surface area contributed by atoms with Gasteiger partial charge < -0.3 is 4.90 Å². The monoisotopic (exact) mass is 373 g/mol. The molecule has 1 aliphatic carbocycles. The number of alkyl halides is 3. The molecule has 1 saturated heterocycles. The Balaban J connectivity index is 1.52. The normalized spacial score (nSPS) is 22.7. The number of benzene rings is 1. The number of hydrogen-bond donors (Lipinski definition) is 0. The average molecular weight is 374 g/mol. The Bertz CT molecular complexity index is 610. The van der Waals surface area contributed by atoms with Gasteiger partial charge >= 0.3 is 6.18 Å². The van der Waals surface area contributed by atoms with Gasteiger partial charge in [0.15, 0.2) is 0 Å². The number of carbonyl (C=O) groups is 1. The smallest absolute Gasteiger partial charge is 0.342 e. The second-order valence-electron chi connectivity index (χ2n) is 7.39. The van der Waals surface area contributed by atoms with E-state index in [1.54, 1.807) is 4.90 Å². The Labute approximate surface area is 151 Å². The van der Waals surface area contributed by atoms with Crippen LogP contribution < -0.4 is 0 Å². The summed E-state index contributed by atoms with van der Waals surface area (Å²) in [7, 11) is 0. The van der Waals surface area contributed by atoms with Gasteiger partial charge in [0.05, 0.1) is 5.92 Å². The van der Waals surface area contributed by atoms with Gasteiger partial charge in [0.1, 0.15) is 0 Å². The van der Waals surface area contributed by atoms with Crippen molar-refractivity contribution in [3.63, 3.8) is 0 Å². The third-order valence-electron chi connectivity index (χ3n) is 5.80. The first-order chi connectivity index (χ1) is 11.8. The molecule has 0 bridgehead atoms. The number of carbonyl (C=O) groups excluding carboxylic acids is 1. The molecule has 1 atom stereocenters. The Morgan fingerprint density at radius 2 is 1.92 bits per heavy atom. The minimum absolute atomic E-state index is 0.0131. The maximum Gasteiger partial charge on any atom is 0.392 e. The molecule has 1 heterocycles. The molecule has 138 valence electrons. The highest BCUT2D eigenvalue weighted by molar-refractivity contribution is 6.30. The van der Waals surface area contributed by atoms with E-state index in [0.29, 0.717) is 30.7 Å². The molecule has 2 nitrogen and oxygen atoms in total. The molecule has 2 fully saturated rings. The fraction of sp³-hybridized carbons (Fsp3) is 0.632. The predicted octanol–water partition coefficient (Wildman–Crippen LogP) is 5.24. The molecule has 1 aromatic rings. The first kappa shape index (κ1) is 18.6. The predicted molar refractivity (Wildman–Crippen MR) is 91.4 cm³/mol. The van der Waals surface area contributed by atoms with E-state index in [-0.39, 0.29) is 25.4 Å². The number of halogens is 4. The van der Waals surface area contributed by atoms with Gasteiger partial charge in [-0.2, -0.15) is 13.2 Å². The quantitative estimate of drug-likeness (QED) is 0.706. The van der Waals surface area contributed by atoms with E-state index in [1.165, 1.54) is 0 Å². The Morgan fingerprint density at radius 3 is 2.48 bits per heavy atom. The summed E-state index contributed by atoms with van der Waals surface area (Å²) in [6.45, 7) is 0.503. The number of aryl methyl sites for hydroxylation is 1. The molecule has 0 aromatic heterocycles. The fourth-order valence-corrected chi connectivity index (χ4v) is 4.40. The van der Waals surface area contributed by atoms with Crippen molar-refractivity contribution in [3.8, 4) is 0 Å². The van der Waals surface area contributed by atoms with E-state index >= 15 is 0 Å². The lowest BCUT2D eigenvalue weighted by atomic mass is 9.58. The molecule has 0 radical (unpaired) electrons. The molecule has 1 aromatic carbocycles. The van der Waals surface area contributed by atoms with Gasteiger partial charge in [0, 0.05) is 24.5 Å². The van der Waals surface area contributed by atoms with Gasteiger partial charge in [0.25, 0.3) is 0 Å². The summed E-state index contributed by atoms with van der Waals surface area (Å²) in [6.07, 6.45) is -0.228. The second-order valence-corrected chi connectivity index (χ2v) is 7.83. The van der Waals surface area contributed by atoms with E-state index in [9.17, 15) is 18.0 Å². The van der Waals surface area contributed by atoms with Crippen LogP contribution in [0.1, 0.15) is 44.1 Å². The van der Waals surface area contributed by atoms with Crippen LogP contribution in [0.2, 0.25) is 5.02 Å². The summed E-state index contributed by atoms with van der Waals surface area (Å²) >= 11 is 5.85. The van der Waals surface area contributed by atoms with Gasteiger partial charge in [-0.3, -0.25) is 4.79 Å². The third kappa shape index (κ3) is 4.13. The molecule has 1 spiro atoms. The van der Waals surface area contributed by atoms with Crippen LogP contribution in [0.15, 0.2) is 24.3 Å². The standard InChI is InChI=1S/C19H23ClF3NO/c20-15-7-5-14(6-8-15)3-1-4-17(25)24-12-9-16(19(21,22)23)18(13-24)10-2-11-18/h5-8,16H,1-4,9-13H2/t16-/m1/s1. The van der Waals surface area contributed by atoms with E-state index in [2.05, 4.69) is 0 Å². The fourth-order valence-electron chi connectivity index (χ4n) is 4.27. The minimum atomic E-state index is -4.15. The summed E-state index contributed by atoms with van der Waals surface area (Å²) in [5.74, 6) is -1.26. The highest BCUT2D eigenvalue weighted by Gasteiger charge is 2.58. The van der Waals surface area contributed by atoms with Crippen molar-refractivity contribution in [1.29, 1.82) is 0 Å². The number of nitrogens with zero attached hydrogens (tertiary/aromatic N) is 1. The topological polar surface area (TPSA) is 20.3 Å². The van der Waals surface area contributed by atoms with Gasteiger partial charge in [-0.05, 0) is 55.2 Å². The Morgan fingerprint density at radius 1 is 1.24 bits per heavy atom. The molecular weight excluding hydrogens is 351 g/mol. The van der Waals surface area contributed by atoms with Gasteiger partial charge in [0.2, 0.25) is 5.91 Å². The van der Waals surface area contributed by atoms with Crippen molar-refractivity contribution >= 4 is 17.5 Å². The molecule has 6 heteroatoms. The zero-order valence-corrected chi connectivity index (χ0v) is 14.9. The summed E-state index contributed by atoms with van der Waals surface area (Å²) in [6, 6.07) is 7.51. The molecule has 0 N–H and O–H groups in total. The van der Waals surface area contributed by atoms with E-state index in [0.717, 1.165) is 18.4 Å². The lowest BCUT2D eigenvalue weighted by molar-refractivity contribution is -0.237. The number of rotatable bonds is 4. The molecule has 3 rings (SSSR count). The number of piperidine rings is 1. The van der Waals surface area contributed by atoms with Crippen LogP contribution in [0.3, 0.4) is 0 Å². The van der Waals surface area contributed by atoms with Crippen LogP contribution in [0.5, 0.6) is 0 Å². The maximum absolute atomic E-state index is 13.3. The minimum Gasteiger partial charge on any atom is -0.342 e. The zero-order valence-electron chi connectivity index (χ0n) is 14.1. The molecule has 1 aliphatic heterocycles. The Kier molecular flexibility index (Phi) is 5.33. The number of likely N-dealkylation sites (tertiary alicyclic amines) is 1. The van der Waals surface area contributed by atoms with Crippen molar-refractivity contribution < 1.29 is 18.0 Å². The van der Waals surface area contributed by atoms with Gasteiger partial charge in [-0.1, -0.05) is 30.2 Å². The van der Waals surface area contributed by atoms with Crippen LogP contribution in [0.4, 0.5) is 13.2 Å². The Hall–Kier alpha value is -1.23. The van der Waals surface area contributed by atoms with E-state index in [4.69, 9.17) is 11.6 Å². The first-order valence-electron chi connectivity index (χ1n) is 8.89. The second kappa shape index (κ2) is 7.18. The van der Waals surface area contributed by atoms with Crippen LogP contribution in [-0.2, 0) is 11.2 Å². The molecular formula is C19H23ClF3NO. The van der Waals surface area contributed by atoms with Crippen LogP contribution >= 0.6 is 11.6 Å². The average Bonchev–Trinajstić information content (AvgIpc) is 2.53. The summed E-state index contributed by atoms with van der Waals surface area (Å²) in [5, 5.41) is 0.679. The van der Waals surface area contributed by atoms with E-state index in [1.807, 2.05) is 24.3 Å². The summed E-state index contributed by atoms with van der Waals surface area (Å²) in [4.78, 5) is 14.1. The van der Waals surface area contributed by atoms with Crippen molar-refractivity contribution in [3.05, 3.63) is 34.9 Å².